The average Bonchev–Trinajstić information content (AvgIpc) is 2.67. The second kappa shape index (κ2) is 11.4. The molecule has 0 radical (unpaired) electrons. The van der Waals surface area contributed by atoms with Crippen LogP contribution < -0.4 is 10.6 Å². The Balaban J connectivity index is 1.77. The van der Waals surface area contributed by atoms with E-state index in [0.717, 1.165) is 5.56 Å². The standard InChI is InChI=1S/C21H28FN3O2S/c1-2-23-21(25-15-13-19-11-6-7-12-20(19)22)24-14-8-16-28(26,27)17-18-9-4-3-5-10-18/h3-7,9-12H,2,8,13-17H2,1H3,(H2,23,24,25). The Bertz CT molecular complexity index is 855. The van der Waals surface area contributed by atoms with Crippen molar-refractivity contribution in [3.63, 3.8) is 0 Å². The quantitative estimate of drug-likeness (QED) is 0.362. The monoisotopic (exact) mass is 405 g/mol. The van der Waals surface area contributed by atoms with Crippen LogP contribution in [-0.4, -0.2) is 39.8 Å². The molecule has 0 aliphatic carbocycles. The number of aliphatic imine (C=N–C) groups is 1. The number of nitrogens with zero attached hydrogens (tertiary/aromatic N) is 1. The molecule has 0 aliphatic rings. The van der Waals surface area contributed by atoms with E-state index >= 15 is 0 Å². The smallest absolute Gasteiger partial charge is 0.191 e. The number of guanidine groups is 1. The van der Waals surface area contributed by atoms with E-state index in [1.807, 2.05) is 43.3 Å². The highest BCUT2D eigenvalue weighted by molar-refractivity contribution is 7.90. The zero-order valence-electron chi connectivity index (χ0n) is 16.2. The van der Waals surface area contributed by atoms with Gasteiger partial charge in [0.25, 0.3) is 0 Å². The molecule has 0 saturated heterocycles. The Labute approximate surface area is 167 Å². The van der Waals surface area contributed by atoms with E-state index in [1.165, 1.54) is 6.07 Å². The molecule has 2 rings (SSSR count). The van der Waals surface area contributed by atoms with Crippen molar-refractivity contribution in [3.8, 4) is 0 Å². The Kier molecular flexibility index (Phi) is 8.94. The van der Waals surface area contributed by atoms with E-state index in [1.54, 1.807) is 12.1 Å². The van der Waals surface area contributed by atoms with Gasteiger partial charge in [-0.05, 0) is 37.0 Å². The molecule has 0 fully saturated rings. The van der Waals surface area contributed by atoms with Gasteiger partial charge in [-0.15, -0.1) is 0 Å². The first kappa shape index (κ1) is 21.9. The maximum absolute atomic E-state index is 13.6. The number of hydrogen-bond acceptors (Lipinski definition) is 3. The topological polar surface area (TPSA) is 70.6 Å². The summed E-state index contributed by atoms with van der Waals surface area (Å²) in [7, 11) is -3.15. The third-order valence-corrected chi connectivity index (χ3v) is 5.79. The van der Waals surface area contributed by atoms with Crippen LogP contribution >= 0.6 is 0 Å². The van der Waals surface area contributed by atoms with Crippen LogP contribution in [0.2, 0.25) is 0 Å². The van der Waals surface area contributed by atoms with Gasteiger partial charge in [0.15, 0.2) is 15.8 Å². The van der Waals surface area contributed by atoms with E-state index in [0.29, 0.717) is 44.0 Å². The van der Waals surface area contributed by atoms with Crippen molar-refractivity contribution >= 4 is 15.8 Å². The molecule has 152 valence electrons. The van der Waals surface area contributed by atoms with Gasteiger partial charge in [-0.1, -0.05) is 48.5 Å². The van der Waals surface area contributed by atoms with E-state index in [9.17, 15) is 12.8 Å². The molecular weight excluding hydrogens is 377 g/mol. The molecule has 5 nitrogen and oxygen atoms in total. The normalized spacial score (nSPS) is 12.0. The van der Waals surface area contributed by atoms with Gasteiger partial charge >= 0.3 is 0 Å². The van der Waals surface area contributed by atoms with Gasteiger partial charge in [0, 0.05) is 19.6 Å². The second-order valence-corrected chi connectivity index (χ2v) is 8.64. The van der Waals surface area contributed by atoms with Crippen molar-refractivity contribution in [2.24, 2.45) is 4.99 Å². The van der Waals surface area contributed by atoms with Crippen molar-refractivity contribution in [1.82, 2.24) is 10.6 Å². The Morgan fingerprint density at radius 2 is 1.75 bits per heavy atom. The zero-order valence-corrected chi connectivity index (χ0v) is 17.0. The molecule has 0 heterocycles. The first-order valence-corrected chi connectivity index (χ1v) is 11.3. The third kappa shape index (κ3) is 8.08. The summed E-state index contributed by atoms with van der Waals surface area (Å²) in [5.41, 5.74) is 1.45. The molecule has 0 unspecified atom stereocenters. The van der Waals surface area contributed by atoms with Crippen LogP contribution in [0.15, 0.2) is 59.6 Å². The molecule has 2 aromatic rings. The van der Waals surface area contributed by atoms with Crippen LogP contribution in [0.25, 0.3) is 0 Å². The average molecular weight is 406 g/mol. The number of hydrogen-bond donors (Lipinski definition) is 2. The van der Waals surface area contributed by atoms with Gasteiger partial charge in [0.05, 0.1) is 11.5 Å². The first-order chi connectivity index (χ1) is 13.5. The lowest BCUT2D eigenvalue weighted by Gasteiger charge is -2.11. The minimum Gasteiger partial charge on any atom is -0.357 e. The lowest BCUT2D eigenvalue weighted by atomic mass is 10.1. The molecule has 0 aromatic heterocycles. The molecule has 0 atom stereocenters. The molecule has 0 saturated carbocycles. The van der Waals surface area contributed by atoms with Crippen LogP contribution in [0, 0.1) is 5.82 Å². The minimum absolute atomic E-state index is 0.0541. The van der Waals surface area contributed by atoms with Crippen molar-refractivity contribution in [2.45, 2.75) is 25.5 Å². The highest BCUT2D eigenvalue weighted by atomic mass is 32.2. The van der Waals surface area contributed by atoms with E-state index < -0.39 is 9.84 Å². The number of benzene rings is 2. The summed E-state index contributed by atoms with van der Waals surface area (Å²) < 4.78 is 38.1. The van der Waals surface area contributed by atoms with E-state index in [-0.39, 0.29) is 17.3 Å². The van der Waals surface area contributed by atoms with Crippen molar-refractivity contribution < 1.29 is 12.8 Å². The molecule has 28 heavy (non-hydrogen) atoms. The SMILES string of the molecule is CCNC(=NCCCS(=O)(=O)Cc1ccccc1)NCCc1ccccc1F. The van der Waals surface area contributed by atoms with Crippen LogP contribution in [-0.2, 0) is 22.0 Å². The number of nitrogens with one attached hydrogen (secondary N) is 2. The van der Waals surface area contributed by atoms with Gasteiger partial charge < -0.3 is 10.6 Å². The van der Waals surface area contributed by atoms with Gasteiger partial charge in [-0.3, -0.25) is 4.99 Å². The summed E-state index contributed by atoms with van der Waals surface area (Å²) in [6, 6.07) is 15.9. The molecular formula is C21H28FN3O2S. The zero-order chi connectivity index (χ0) is 20.2. The molecule has 0 bridgehead atoms. The van der Waals surface area contributed by atoms with Crippen molar-refractivity contribution in [1.29, 1.82) is 0 Å². The minimum atomic E-state index is -3.15. The number of halogens is 1. The first-order valence-electron chi connectivity index (χ1n) is 9.50. The summed E-state index contributed by atoms with van der Waals surface area (Å²) in [6.07, 6.45) is 1.00. The van der Waals surface area contributed by atoms with Gasteiger partial charge in [-0.25, -0.2) is 12.8 Å². The maximum atomic E-state index is 13.6. The fraction of sp³-hybridized carbons (Fsp3) is 0.381. The van der Waals surface area contributed by atoms with Crippen molar-refractivity contribution in [3.05, 3.63) is 71.5 Å². The third-order valence-electron chi connectivity index (χ3n) is 4.10. The lowest BCUT2D eigenvalue weighted by Crippen LogP contribution is -2.38. The fourth-order valence-corrected chi connectivity index (χ4v) is 4.15. The van der Waals surface area contributed by atoms with Crippen LogP contribution in [0.1, 0.15) is 24.5 Å². The van der Waals surface area contributed by atoms with Gasteiger partial charge in [0.2, 0.25) is 0 Å². The van der Waals surface area contributed by atoms with E-state index in [4.69, 9.17) is 0 Å². The Hall–Kier alpha value is -2.41. The summed E-state index contributed by atoms with van der Waals surface area (Å²) in [6.45, 7) is 3.60. The number of rotatable bonds is 10. The largest absolute Gasteiger partial charge is 0.357 e. The summed E-state index contributed by atoms with van der Waals surface area (Å²) in [4.78, 5) is 4.41. The Morgan fingerprint density at radius 1 is 1.04 bits per heavy atom. The van der Waals surface area contributed by atoms with Crippen LogP contribution in [0.5, 0.6) is 0 Å². The fourth-order valence-electron chi connectivity index (χ4n) is 2.73. The maximum Gasteiger partial charge on any atom is 0.191 e. The van der Waals surface area contributed by atoms with Gasteiger partial charge in [-0.2, -0.15) is 0 Å². The molecule has 0 aliphatic heterocycles. The molecule has 7 heteroatoms. The predicted octanol–water partition coefficient (Wildman–Crippen LogP) is 2.93. The predicted molar refractivity (Wildman–Crippen MR) is 113 cm³/mol. The summed E-state index contributed by atoms with van der Waals surface area (Å²) in [5.74, 6) is 0.549. The van der Waals surface area contributed by atoms with E-state index in [2.05, 4.69) is 15.6 Å². The second-order valence-electron chi connectivity index (χ2n) is 6.46. The van der Waals surface area contributed by atoms with Crippen LogP contribution in [0.3, 0.4) is 0 Å². The summed E-state index contributed by atoms with van der Waals surface area (Å²) >= 11 is 0. The van der Waals surface area contributed by atoms with Crippen LogP contribution in [0.4, 0.5) is 4.39 Å². The van der Waals surface area contributed by atoms with Crippen molar-refractivity contribution in [2.75, 3.05) is 25.4 Å². The highest BCUT2D eigenvalue weighted by Crippen LogP contribution is 2.08. The summed E-state index contributed by atoms with van der Waals surface area (Å²) in [5, 5.41) is 6.27. The lowest BCUT2D eigenvalue weighted by molar-refractivity contribution is 0.592. The molecule has 0 amide bonds. The highest BCUT2D eigenvalue weighted by Gasteiger charge is 2.11. The number of sulfone groups is 1. The Morgan fingerprint density at radius 3 is 2.46 bits per heavy atom. The van der Waals surface area contributed by atoms with Gasteiger partial charge in [0.1, 0.15) is 5.82 Å². The molecule has 2 N–H and O–H groups in total. The molecule has 0 spiro atoms. The molecule has 2 aromatic carbocycles.